The lowest BCUT2D eigenvalue weighted by atomic mass is 10.2. The third-order valence-electron chi connectivity index (χ3n) is 3.61. The highest BCUT2D eigenvalue weighted by Gasteiger charge is 2.18. The van der Waals surface area contributed by atoms with Crippen LogP contribution >= 0.6 is 0 Å². The van der Waals surface area contributed by atoms with Gasteiger partial charge < -0.3 is 14.7 Å². The van der Waals surface area contributed by atoms with Crippen molar-refractivity contribution in [1.82, 2.24) is 14.9 Å². The Labute approximate surface area is 120 Å². The van der Waals surface area contributed by atoms with E-state index in [0.29, 0.717) is 12.5 Å². The molecule has 112 valence electrons. The normalized spacial score (nSPS) is 16.4. The van der Waals surface area contributed by atoms with Crippen molar-refractivity contribution in [2.45, 2.75) is 19.3 Å². The van der Waals surface area contributed by atoms with Crippen LogP contribution in [0.4, 0.5) is 5.95 Å². The van der Waals surface area contributed by atoms with Gasteiger partial charge in [0.25, 0.3) is 0 Å². The van der Waals surface area contributed by atoms with Gasteiger partial charge >= 0.3 is 0 Å². The minimum Gasteiger partial charge on any atom is -0.481 e. The number of unbranched alkanes of at least 4 members (excludes halogenated alkanes) is 2. The Hall–Kier alpha value is -1.40. The van der Waals surface area contributed by atoms with Gasteiger partial charge in [-0.05, 0) is 25.8 Å². The first-order valence-electron chi connectivity index (χ1n) is 7.28. The Kier molecular flexibility index (Phi) is 6.01. The summed E-state index contributed by atoms with van der Waals surface area (Å²) >= 11 is 0. The molecule has 6 heteroatoms. The van der Waals surface area contributed by atoms with Crippen LogP contribution in [0.15, 0.2) is 12.3 Å². The summed E-state index contributed by atoms with van der Waals surface area (Å²) in [6.07, 6.45) is 4.92. The Morgan fingerprint density at radius 2 is 2.00 bits per heavy atom. The van der Waals surface area contributed by atoms with E-state index in [1.807, 2.05) is 0 Å². The summed E-state index contributed by atoms with van der Waals surface area (Å²) in [6, 6.07) is 1.76. The summed E-state index contributed by atoms with van der Waals surface area (Å²) in [7, 11) is 1.62. The average molecular weight is 280 g/mol. The maximum Gasteiger partial charge on any atom is 0.228 e. The van der Waals surface area contributed by atoms with Gasteiger partial charge in [0.05, 0.1) is 7.11 Å². The predicted molar refractivity (Wildman–Crippen MR) is 78.2 cm³/mol. The number of piperazine rings is 1. The number of rotatable bonds is 7. The highest BCUT2D eigenvalue weighted by molar-refractivity contribution is 5.32. The number of aliphatic hydroxyl groups excluding tert-OH is 1. The number of anilines is 1. The highest BCUT2D eigenvalue weighted by Crippen LogP contribution is 2.14. The zero-order chi connectivity index (χ0) is 14.2. The number of hydrogen-bond donors (Lipinski definition) is 1. The fourth-order valence-corrected chi connectivity index (χ4v) is 2.39. The van der Waals surface area contributed by atoms with Crippen molar-refractivity contribution in [2.75, 3.05) is 51.3 Å². The zero-order valence-electron chi connectivity index (χ0n) is 12.2. The summed E-state index contributed by atoms with van der Waals surface area (Å²) in [5.74, 6) is 1.37. The molecule has 6 nitrogen and oxygen atoms in total. The molecular formula is C14H24N4O2. The summed E-state index contributed by atoms with van der Waals surface area (Å²) < 4.78 is 5.13. The van der Waals surface area contributed by atoms with E-state index in [9.17, 15) is 0 Å². The van der Waals surface area contributed by atoms with Gasteiger partial charge in [0.2, 0.25) is 11.8 Å². The van der Waals surface area contributed by atoms with Gasteiger partial charge in [-0.3, -0.25) is 4.90 Å². The molecule has 2 rings (SSSR count). The maximum absolute atomic E-state index is 8.76. The standard InChI is InChI=1S/C14H24N4O2/c1-20-13-5-6-15-14(16-13)18-10-8-17(9-11-18)7-3-2-4-12-19/h5-6,19H,2-4,7-12H2,1H3. The van der Waals surface area contributed by atoms with Crippen molar-refractivity contribution in [2.24, 2.45) is 0 Å². The third-order valence-corrected chi connectivity index (χ3v) is 3.61. The second-order valence-corrected chi connectivity index (χ2v) is 5.01. The molecule has 1 aliphatic heterocycles. The predicted octanol–water partition coefficient (Wildman–Crippen LogP) is 0.770. The van der Waals surface area contributed by atoms with Crippen LogP contribution in [-0.2, 0) is 0 Å². The molecule has 0 spiro atoms. The SMILES string of the molecule is COc1ccnc(N2CCN(CCCCCO)CC2)n1. The van der Waals surface area contributed by atoms with Crippen molar-refractivity contribution in [3.8, 4) is 5.88 Å². The van der Waals surface area contributed by atoms with Crippen LogP contribution in [0, 0.1) is 0 Å². The summed E-state index contributed by atoms with van der Waals surface area (Å²) in [5.41, 5.74) is 0. The van der Waals surface area contributed by atoms with Gasteiger partial charge in [-0.1, -0.05) is 0 Å². The molecule has 1 N–H and O–H groups in total. The number of hydrogen-bond acceptors (Lipinski definition) is 6. The largest absolute Gasteiger partial charge is 0.481 e. The van der Waals surface area contributed by atoms with Gasteiger partial charge in [0.15, 0.2) is 0 Å². The molecule has 1 aliphatic rings. The Balaban J connectivity index is 1.76. The van der Waals surface area contributed by atoms with Crippen LogP contribution in [0.25, 0.3) is 0 Å². The lowest BCUT2D eigenvalue weighted by Crippen LogP contribution is -2.47. The van der Waals surface area contributed by atoms with Crippen LogP contribution < -0.4 is 9.64 Å². The van der Waals surface area contributed by atoms with E-state index in [1.54, 1.807) is 19.4 Å². The first kappa shape index (κ1) is 15.0. The zero-order valence-corrected chi connectivity index (χ0v) is 12.2. The number of ether oxygens (including phenoxy) is 1. The van der Waals surface area contributed by atoms with Gasteiger partial charge in [0.1, 0.15) is 0 Å². The molecule has 20 heavy (non-hydrogen) atoms. The van der Waals surface area contributed by atoms with Crippen LogP contribution in [-0.4, -0.2) is 66.4 Å². The second-order valence-electron chi connectivity index (χ2n) is 5.01. The first-order valence-corrected chi connectivity index (χ1v) is 7.28. The van der Waals surface area contributed by atoms with Crippen LogP contribution in [0.1, 0.15) is 19.3 Å². The number of methoxy groups -OCH3 is 1. The molecule has 1 aromatic rings. The highest BCUT2D eigenvalue weighted by atomic mass is 16.5. The van der Waals surface area contributed by atoms with Crippen LogP contribution in [0.5, 0.6) is 5.88 Å². The number of aliphatic hydroxyl groups is 1. The minimum atomic E-state index is 0.307. The quantitative estimate of drug-likeness (QED) is 0.744. The fourth-order valence-electron chi connectivity index (χ4n) is 2.39. The molecule has 0 atom stereocenters. The maximum atomic E-state index is 8.76. The summed E-state index contributed by atoms with van der Waals surface area (Å²) in [5, 5.41) is 8.76. The molecule has 1 fully saturated rings. The fraction of sp³-hybridized carbons (Fsp3) is 0.714. The van der Waals surface area contributed by atoms with E-state index >= 15 is 0 Å². The third kappa shape index (κ3) is 4.31. The molecular weight excluding hydrogens is 256 g/mol. The molecule has 0 saturated carbocycles. The molecule has 1 saturated heterocycles. The van der Waals surface area contributed by atoms with E-state index < -0.39 is 0 Å². The van der Waals surface area contributed by atoms with Crippen molar-refractivity contribution < 1.29 is 9.84 Å². The Morgan fingerprint density at radius 3 is 2.70 bits per heavy atom. The summed E-state index contributed by atoms with van der Waals surface area (Å²) in [6.45, 7) is 5.41. The Bertz CT molecular complexity index is 395. The smallest absolute Gasteiger partial charge is 0.228 e. The number of nitrogens with zero attached hydrogens (tertiary/aromatic N) is 4. The lowest BCUT2D eigenvalue weighted by Gasteiger charge is -2.34. The van der Waals surface area contributed by atoms with Crippen molar-refractivity contribution in [3.05, 3.63) is 12.3 Å². The Morgan fingerprint density at radius 1 is 1.20 bits per heavy atom. The molecule has 2 heterocycles. The molecule has 0 unspecified atom stereocenters. The monoisotopic (exact) mass is 280 g/mol. The van der Waals surface area contributed by atoms with Gasteiger partial charge in [0, 0.05) is 45.0 Å². The molecule has 0 amide bonds. The van der Waals surface area contributed by atoms with Crippen molar-refractivity contribution in [3.63, 3.8) is 0 Å². The van der Waals surface area contributed by atoms with E-state index in [0.717, 1.165) is 57.9 Å². The van der Waals surface area contributed by atoms with Crippen molar-refractivity contribution >= 4 is 5.95 Å². The van der Waals surface area contributed by atoms with Crippen molar-refractivity contribution in [1.29, 1.82) is 0 Å². The van der Waals surface area contributed by atoms with Gasteiger partial charge in [-0.15, -0.1) is 0 Å². The van der Waals surface area contributed by atoms with E-state index in [2.05, 4.69) is 19.8 Å². The van der Waals surface area contributed by atoms with E-state index in [4.69, 9.17) is 9.84 Å². The average Bonchev–Trinajstić information content (AvgIpc) is 2.52. The second kappa shape index (κ2) is 8.01. The van der Waals surface area contributed by atoms with Gasteiger partial charge in [-0.2, -0.15) is 4.98 Å². The van der Waals surface area contributed by atoms with Gasteiger partial charge in [-0.25, -0.2) is 4.98 Å². The molecule has 1 aromatic heterocycles. The molecule has 0 bridgehead atoms. The summed E-state index contributed by atoms with van der Waals surface area (Å²) in [4.78, 5) is 13.4. The molecule has 0 aliphatic carbocycles. The van der Waals surface area contributed by atoms with E-state index in [1.165, 1.54) is 0 Å². The van der Waals surface area contributed by atoms with E-state index in [-0.39, 0.29) is 0 Å². The molecule has 0 radical (unpaired) electrons. The minimum absolute atomic E-state index is 0.307. The molecule has 0 aromatic carbocycles. The lowest BCUT2D eigenvalue weighted by molar-refractivity contribution is 0.241. The van der Waals surface area contributed by atoms with Crippen LogP contribution in [0.3, 0.4) is 0 Å². The topological polar surface area (TPSA) is 61.7 Å². The van der Waals surface area contributed by atoms with Crippen LogP contribution in [0.2, 0.25) is 0 Å². The number of aromatic nitrogens is 2. The first-order chi connectivity index (χ1) is 9.83.